The first-order valence-electron chi connectivity index (χ1n) is 12.4. The summed E-state index contributed by atoms with van der Waals surface area (Å²) in [6, 6.07) is 24.4. The Morgan fingerprint density at radius 1 is 0.921 bits per heavy atom. The van der Waals surface area contributed by atoms with Gasteiger partial charge in [-0.3, -0.25) is 14.4 Å². The molecule has 10 heteroatoms. The summed E-state index contributed by atoms with van der Waals surface area (Å²) in [6.45, 7) is 4.71. The second kappa shape index (κ2) is 13.6. The number of piperidine rings is 1. The van der Waals surface area contributed by atoms with Crippen molar-refractivity contribution >= 4 is 39.7 Å². The van der Waals surface area contributed by atoms with Gasteiger partial charge in [0, 0.05) is 24.0 Å². The molecule has 0 bridgehead atoms. The lowest BCUT2D eigenvalue weighted by molar-refractivity contribution is -0.118. The van der Waals surface area contributed by atoms with Crippen molar-refractivity contribution in [3.63, 3.8) is 0 Å². The topological polar surface area (TPSA) is 99.8 Å². The van der Waals surface area contributed by atoms with Gasteiger partial charge in [0.2, 0.25) is 15.9 Å². The fraction of sp³-hybridized carbons (Fsp3) is 0.321. The number of carbonyl (C=O) groups excluding carboxylic acids is 1. The Morgan fingerprint density at radius 3 is 2.08 bits per heavy atom. The SMILES string of the molecule is CC(NC1CCN(Cc2ccc(Oc3ccc(NS(C)(=O)=O)cc3)cc2)CC1)C(=O)Nc1ccccc1.Cl. The molecule has 1 fully saturated rings. The fourth-order valence-corrected chi connectivity index (χ4v) is 4.89. The number of nitrogens with zero attached hydrogens (tertiary/aromatic N) is 1. The Labute approximate surface area is 231 Å². The molecule has 204 valence electrons. The first kappa shape index (κ1) is 29.4. The van der Waals surface area contributed by atoms with E-state index in [1.807, 2.05) is 49.4 Å². The monoisotopic (exact) mass is 558 g/mol. The van der Waals surface area contributed by atoms with Gasteiger partial charge in [0.15, 0.2) is 0 Å². The minimum absolute atomic E-state index is 0. The number of anilines is 2. The maximum absolute atomic E-state index is 12.5. The largest absolute Gasteiger partial charge is 0.457 e. The maximum Gasteiger partial charge on any atom is 0.241 e. The number of benzene rings is 3. The first-order valence-corrected chi connectivity index (χ1v) is 14.3. The van der Waals surface area contributed by atoms with Gasteiger partial charge in [0.1, 0.15) is 11.5 Å². The number of hydrogen-bond donors (Lipinski definition) is 3. The zero-order valence-electron chi connectivity index (χ0n) is 21.6. The van der Waals surface area contributed by atoms with E-state index in [0.717, 1.165) is 50.2 Å². The van der Waals surface area contributed by atoms with Crippen LogP contribution in [0.3, 0.4) is 0 Å². The van der Waals surface area contributed by atoms with Crippen molar-refractivity contribution in [1.29, 1.82) is 0 Å². The summed E-state index contributed by atoms with van der Waals surface area (Å²) in [6.07, 6.45) is 3.11. The Morgan fingerprint density at radius 2 is 1.50 bits per heavy atom. The third-order valence-electron chi connectivity index (χ3n) is 6.23. The van der Waals surface area contributed by atoms with Crippen LogP contribution in [0.2, 0.25) is 0 Å². The zero-order valence-corrected chi connectivity index (χ0v) is 23.2. The number of ether oxygens (including phenoxy) is 1. The summed E-state index contributed by atoms with van der Waals surface area (Å²) in [5.41, 5.74) is 2.52. The Hall–Kier alpha value is -3.11. The summed E-state index contributed by atoms with van der Waals surface area (Å²) < 4.78 is 31.0. The van der Waals surface area contributed by atoms with Crippen LogP contribution < -0.4 is 20.1 Å². The minimum atomic E-state index is -3.30. The lowest BCUT2D eigenvalue weighted by atomic mass is 10.0. The normalized spacial score (nSPS) is 15.2. The molecule has 8 nitrogen and oxygen atoms in total. The fourth-order valence-electron chi connectivity index (χ4n) is 4.32. The van der Waals surface area contributed by atoms with E-state index in [-0.39, 0.29) is 24.4 Å². The quantitative estimate of drug-likeness (QED) is 0.329. The van der Waals surface area contributed by atoms with E-state index >= 15 is 0 Å². The molecule has 3 aromatic carbocycles. The second-order valence-corrected chi connectivity index (χ2v) is 11.2. The summed E-state index contributed by atoms with van der Waals surface area (Å²) in [7, 11) is -3.30. The van der Waals surface area contributed by atoms with Crippen LogP contribution in [0.5, 0.6) is 11.5 Å². The van der Waals surface area contributed by atoms with Crippen LogP contribution in [0.4, 0.5) is 11.4 Å². The molecule has 1 aliphatic rings. The highest BCUT2D eigenvalue weighted by molar-refractivity contribution is 7.92. The van der Waals surface area contributed by atoms with Gasteiger partial charge in [-0.25, -0.2) is 8.42 Å². The molecule has 3 N–H and O–H groups in total. The van der Waals surface area contributed by atoms with Crippen LogP contribution in [0.25, 0.3) is 0 Å². The number of nitrogens with one attached hydrogen (secondary N) is 3. The third-order valence-corrected chi connectivity index (χ3v) is 6.84. The van der Waals surface area contributed by atoms with Gasteiger partial charge in [-0.15, -0.1) is 12.4 Å². The van der Waals surface area contributed by atoms with Gasteiger partial charge in [-0.1, -0.05) is 30.3 Å². The van der Waals surface area contributed by atoms with Crippen molar-refractivity contribution in [3.8, 4) is 11.5 Å². The molecule has 1 saturated heterocycles. The predicted molar refractivity (Wildman–Crippen MR) is 155 cm³/mol. The zero-order chi connectivity index (χ0) is 26.3. The van der Waals surface area contributed by atoms with Crippen LogP contribution in [0, 0.1) is 0 Å². The molecule has 4 rings (SSSR count). The maximum atomic E-state index is 12.5. The third kappa shape index (κ3) is 9.33. The number of para-hydroxylation sites is 1. The van der Waals surface area contributed by atoms with Crippen molar-refractivity contribution in [2.75, 3.05) is 29.4 Å². The highest BCUT2D eigenvalue weighted by Gasteiger charge is 2.23. The molecule has 0 saturated carbocycles. The number of rotatable bonds is 10. The van der Waals surface area contributed by atoms with Crippen molar-refractivity contribution < 1.29 is 17.9 Å². The lowest BCUT2D eigenvalue weighted by Gasteiger charge is -2.33. The number of amides is 1. The molecule has 1 heterocycles. The molecule has 1 atom stereocenters. The van der Waals surface area contributed by atoms with E-state index in [1.165, 1.54) is 5.56 Å². The van der Waals surface area contributed by atoms with Crippen LogP contribution in [0.1, 0.15) is 25.3 Å². The minimum Gasteiger partial charge on any atom is -0.457 e. The summed E-state index contributed by atoms with van der Waals surface area (Å²) >= 11 is 0. The van der Waals surface area contributed by atoms with E-state index in [9.17, 15) is 13.2 Å². The summed E-state index contributed by atoms with van der Waals surface area (Å²) in [5, 5.41) is 6.44. The summed E-state index contributed by atoms with van der Waals surface area (Å²) in [4.78, 5) is 14.9. The van der Waals surface area contributed by atoms with Gasteiger partial charge in [0.05, 0.1) is 12.3 Å². The number of hydrogen-bond acceptors (Lipinski definition) is 6. The van der Waals surface area contributed by atoms with Crippen molar-refractivity contribution in [1.82, 2.24) is 10.2 Å². The van der Waals surface area contributed by atoms with E-state index < -0.39 is 10.0 Å². The van der Waals surface area contributed by atoms with Crippen LogP contribution >= 0.6 is 12.4 Å². The molecule has 0 aliphatic carbocycles. The number of likely N-dealkylation sites (tertiary alicyclic amines) is 1. The van der Waals surface area contributed by atoms with Crippen LogP contribution in [-0.2, 0) is 21.4 Å². The smallest absolute Gasteiger partial charge is 0.241 e. The van der Waals surface area contributed by atoms with E-state index in [4.69, 9.17) is 4.74 Å². The summed E-state index contributed by atoms with van der Waals surface area (Å²) in [5.74, 6) is 1.34. The average Bonchev–Trinajstić information content (AvgIpc) is 2.87. The Balaban J connectivity index is 0.00000400. The van der Waals surface area contributed by atoms with Gasteiger partial charge < -0.3 is 15.4 Å². The molecule has 0 spiro atoms. The molecule has 1 amide bonds. The van der Waals surface area contributed by atoms with Crippen LogP contribution in [-0.4, -0.2) is 50.7 Å². The van der Waals surface area contributed by atoms with Crippen molar-refractivity contribution in [2.24, 2.45) is 0 Å². The van der Waals surface area contributed by atoms with Gasteiger partial charge in [-0.05, 0) is 86.9 Å². The molecule has 38 heavy (non-hydrogen) atoms. The molecule has 3 aromatic rings. The van der Waals surface area contributed by atoms with Gasteiger partial charge >= 0.3 is 0 Å². The molecule has 1 unspecified atom stereocenters. The highest BCUT2D eigenvalue weighted by Crippen LogP contribution is 2.24. The molecular weight excluding hydrogens is 524 g/mol. The van der Waals surface area contributed by atoms with E-state index in [0.29, 0.717) is 17.5 Å². The van der Waals surface area contributed by atoms with E-state index in [1.54, 1.807) is 24.3 Å². The molecule has 0 aromatic heterocycles. The molecule has 1 aliphatic heterocycles. The molecule has 0 radical (unpaired) electrons. The van der Waals surface area contributed by atoms with Crippen molar-refractivity contribution in [2.45, 2.75) is 38.4 Å². The van der Waals surface area contributed by atoms with Crippen molar-refractivity contribution in [3.05, 3.63) is 84.4 Å². The standard InChI is InChI=1S/C28H34N4O4S.ClH/c1-21(28(33)30-23-6-4-3-5-7-23)29-24-16-18-32(19-17-24)20-22-8-12-26(13-9-22)36-27-14-10-25(11-15-27)31-37(2,34)35;/h3-15,21,24,29,31H,16-20H2,1-2H3,(H,30,33);1H. The van der Waals surface area contributed by atoms with Gasteiger partial charge in [0.25, 0.3) is 0 Å². The first-order chi connectivity index (χ1) is 17.7. The highest BCUT2D eigenvalue weighted by atomic mass is 35.5. The average molecular weight is 559 g/mol. The number of sulfonamides is 1. The number of carbonyl (C=O) groups is 1. The predicted octanol–water partition coefficient (Wildman–Crippen LogP) is 4.85. The second-order valence-electron chi connectivity index (χ2n) is 9.44. The van der Waals surface area contributed by atoms with Crippen LogP contribution in [0.15, 0.2) is 78.9 Å². The molecular formula is C28H35ClN4O4S. The Kier molecular flexibility index (Phi) is 10.6. The van der Waals surface area contributed by atoms with E-state index in [2.05, 4.69) is 32.4 Å². The number of halogens is 1. The lowest BCUT2D eigenvalue weighted by Crippen LogP contribution is -2.48. The Bertz CT molecular complexity index is 1260. The van der Waals surface area contributed by atoms with Gasteiger partial charge in [-0.2, -0.15) is 0 Å².